The highest BCUT2D eigenvalue weighted by atomic mass is 32.2. The molecule has 38 heavy (non-hydrogen) atoms. The van der Waals surface area contributed by atoms with Crippen LogP contribution in [-0.2, 0) is 21.0 Å². The van der Waals surface area contributed by atoms with E-state index < -0.39 is 39.7 Å². The second-order valence-corrected chi connectivity index (χ2v) is 10.6. The van der Waals surface area contributed by atoms with Gasteiger partial charge in [-0.3, -0.25) is 9.69 Å². The van der Waals surface area contributed by atoms with Crippen molar-refractivity contribution in [3.8, 4) is 0 Å². The van der Waals surface area contributed by atoms with Crippen molar-refractivity contribution in [1.29, 1.82) is 0 Å². The molecule has 4 rings (SSSR count). The van der Waals surface area contributed by atoms with E-state index in [2.05, 4.69) is 10.6 Å². The third kappa shape index (κ3) is 5.97. The van der Waals surface area contributed by atoms with Gasteiger partial charge in [-0.25, -0.2) is 13.2 Å². The van der Waals surface area contributed by atoms with Gasteiger partial charge in [0.1, 0.15) is 6.04 Å². The van der Waals surface area contributed by atoms with Gasteiger partial charge in [-0.1, -0.05) is 18.2 Å². The molecule has 0 aliphatic carbocycles. The Morgan fingerprint density at radius 3 is 2.11 bits per heavy atom. The molecular weight excluding hydrogens is 521 g/mol. The number of carbonyl (C=O) groups is 2. The molecule has 1 aliphatic rings. The number of rotatable bonds is 6. The number of carbonyl (C=O) groups excluding carboxylic acids is 2. The van der Waals surface area contributed by atoms with Gasteiger partial charge in [0, 0.05) is 30.7 Å². The molecule has 12 heteroatoms. The van der Waals surface area contributed by atoms with E-state index in [4.69, 9.17) is 0 Å². The van der Waals surface area contributed by atoms with Crippen LogP contribution in [0.2, 0.25) is 0 Å². The van der Waals surface area contributed by atoms with Gasteiger partial charge in [-0.2, -0.15) is 17.5 Å². The molecule has 0 bridgehead atoms. The number of para-hydroxylation sites is 1. The zero-order valence-corrected chi connectivity index (χ0v) is 21.1. The van der Waals surface area contributed by atoms with Crippen LogP contribution in [0.3, 0.4) is 0 Å². The molecule has 3 amide bonds. The molecule has 1 atom stereocenters. The minimum absolute atomic E-state index is 0.0304. The standard InChI is InChI=1S/C26H25F3N4O4S/c1-32(25(35)31-20-11-9-18(10-12-20)26(27,28)29)21-13-15-22(16-14-21)38(36,37)33-17-5-8-23(33)24(34)30-19-6-3-2-4-7-19/h2-4,6-7,9-16,23H,5,8,17H2,1H3,(H,30,34)(H,31,35)/t23-/m0/s1. The van der Waals surface area contributed by atoms with Crippen molar-refractivity contribution >= 4 is 39.0 Å². The van der Waals surface area contributed by atoms with Crippen LogP contribution >= 0.6 is 0 Å². The largest absolute Gasteiger partial charge is 0.416 e. The van der Waals surface area contributed by atoms with Crippen LogP contribution in [0.1, 0.15) is 18.4 Å². The predicted molar refractivity (Wildman–Crippen MR) is 137 cm³/mol. The van der Waals surface area contributed by atoms with Gasteiger partial charge in [0.05, 0.1) is 10.5 Å². The maximum absolute atomic E-state index is 13.3. The molecule has 1 heterocycles. The van der Waals surface area contributed by atoms with Crippen molar-refractivity contribution in [1.82, 2.24) is 4.31 Å². The molecule has 1 fully saturated rings. The molecule has 1 aliphatic heterocycles. The quantitative estimate of drug-likeness (QED) is 0.446. The lowest BCUT2D eigenvalue weighted by Crippen LogP contribution is -2.43. The topological polar surface area (TPSA) is 98.8 Å². The number of hydrogen-bond acceptors (Lipinski definition) is 4. The summed E-state index contributed by atoms with van der Waals surface area (Å²) in [4.78, 5) is 26.6. The summed E-state index contributed by atoms with van der Waals surface area (Å²) in [5.41, 5.74) is 0.262. The lowest BCUT2D eigenvalue weighted by Gasteiger charge is -2.24. The van der Waals surface area contributed by atoms with Crippen molar-refractivity contribution < 1.29 is 31.2 Å². The monoisotopic (exact) mass is 546 g/mol. The Bertz CT molecular complexity index is 1400. The normalized spacial score (nSPS) is 16.2. The predicted octanol–water partition coefficient (Wildman–Crippen LogP) is 5.17. The van der Waals surface area contributed by atoms with Crippen molar-refractivity contribution in [2.75, 3.05) is 29.1 Å². The van der Waals surface area contributed by atoms with Crippen LogP contribution < -0.4 is 15.5 Å². The number of nitrogens with one attached hydrogen (secondary N) is 2. The summed E-state index contributed by atoms with van der Waals surface area (Å²) in [5.74, 6) is -0.409. The molecule has 0 unspecified atom stereocenters. The summed E-state index contributed by atoms with van der Waals surface area (Å²) >= 11 is 0. The summed E-state index contributed by atoms with van der Waals surface area (Å²) in [6, 6.07) is 16.9. The Kier molecular flexibility index (Phi) is 7.74. The number of halogens is 3. The minimum atomic E-state index is -4.48. The summed E-state index contributed by atoms with van der Waals surface area (Å²) in [7, 11) is -2.55. The smallest absolute Gasteiger partial charge is 0.325 e. The third-order valence-electron chi connectivity index (χ3n) is 6.15. The highest BCUT2D eigenvalue weighted by Crippen LogP contribution is 2.30. The number of hydrogen-bond donors (Lipinski definition) is 2. The van der Waals surface area contributed by atoms with Gasteiger partial charge in [-0.05, 0) is 73.5 Å². The lowest BCUT2D eigenvalue weighted by atomic mass is 10.2. The van der Waals surface area contributed by atoms with Gasteiger partial charge < -0.3 is 10.6 Å². The van der Waals surface area contributed by atoms with Crippen LogP contribution in [0, 0.1) is 0 Å². The van der Waals surface area contributed by atoms with Crippen molar-refractivity contribution in [3.63, 3.8) is 0 Å². The number of amides is 3. The number of alkyl halides is 3. The number of sulfonamides is 1. The zero-order valence-electron chi connectivity index (χ0n) is 20.3. The average Bonchev–Trinajstić information content (AvgIpc) is 3.40. The van der Waals surface area contributed by atoms with Crippen molar-refractivity contribution in [2.45, 2.75) is 30.0 Å². The summed E-state index contributed by atoms with van der Waals surface area (Å²) in [6.45, 7) is 0.201. The van der Waals surface area contributed by atoms with Crippen LogP contribution in [0.15, 0.2) is 83.8 Å². The molecule has 200 valence electrons. The number of urea groups is 1. The lowest BCUT2D eigenvalue weighted by molar-refractivity contribution is -0.137. The van der Waals surface area contributed by atoms with Crippen LogP contribution in [0.5, 0.6) is 0 Å². The van der Waals surface area contributed by atoms with E-state index >= 15 is 0 Å². The van der Waals surface area contributed by atoms with Gasteiger partial charge in [0.25, 0.3) is 0 Å². The number of anilines is 3. The van der Waals surface area contributed by atoms with E-state index in [1.165, 1.54) is 40.5 Å². The maximum Gasteiger partial charge on any atom is 0.416 e. The third-order valence-corrected chi connectivity index (χ3v) is 8.07. The highest BCUT2D eigenvalue weighted by molar-refractivity contribution is 7.89. The zero-order chi connectivity index (χ0) is 27.5. The fourth-order valence-electron chi connectivity index (χ4n) is 4.08. The Balaban J connectivity index is 1.43. The molecule has 0 saturated carbocycles. The molecule has 8 nitrogen and oxygen atoms in total. The fraction of sp³-hybridized carbons (Fsp3) is 0.231. The fourth-order valence-corrected chi connectivity index (χ4v) is 5.74. The van der Waals surface area contributed by atoms with Crippen molar-refractivity contribution in [2.24, 2.45) is 0 Å². The SMILES string of the molecule is CN(C(=O)Nc1ccc(C(F)(F)F)cc1)c1ccc(S(=O)(=O)N2CCC[C@H]2C(=O)Nc2ccccc2)cc1. The first-order valence-corrected chi connectivity index (χ1v) is 13.1. The average molecular weight is 547 g/mol. The van der Waals surface area contributed by atoms with E-state index in [0.717, 1.165) is 24.3 Å². The van der Waals surface area contributed by atoms with Crippen LogP contribution in [0.4, 0.5) is 35.0 Å². The van der Waals surface area contributed by atoms with E-state index in [1.54, 1.807) is 30.3 Å². The molecule has 2 N–H and O–H groups in total. The molecule has 0 aromatic heterocycles. The van der Waals surface area contributed by atoms with Gasteiger partial charge >= 0.3 is 12.2 Å². The van der Waals surface area contributed by atoms with E-state index in [9.17, 15) is 31.2 Å². The minimum Gasteiger partial charge on any atom is -0.325 e. The van der Waals surface area contributed by atoms with E-state index in [-0.39, 0.29) is 17.1 Å². The first kappa shape index (κ1) is 27.1. The number of nitrogens with zero attached hydrogens (tertiary/aromatic N) is 2. The van der Waals surface area contributed by atoms with E-state index in [0.29, 0.717) is 24.2 Å². The van der Waals surface area contributed by atoms with Crippen LogP contribution in [-0.4, -0.2) is 44.3 Å². The van der Waals surface area contributed by atoms with Gasteiger partial charge in [0.2, 0.25) is 15.9 Å². The highest BCUT2D eigenvalue weighted by Gasteiger charge is 2.39. The first-order chi connectivity index (χ1) is 18.0. The first-order valence-electron chi connectivity index (χ1n) is 11.7. The molecule has 0 spiro atoms. The Morgan fingerprint density at radius 1 is 0.895 bits per heavy atom. The van der Waals surface area contributed by atoms with Gasteiger partial charge in [-0.15, -0.1) is 0 Å². The Labute approximate surface area is 218 Å². The molecule has 3 aromatic rings. The Hall–Kier alpha value is -3.90. The maximum atomic E-state index is 13.3. The molecule has 0 radical (unpaired) electrons. The van der Waals surface area contributed by atoms with E-state index in [1.807, 2.05) is 0 Å². The number of benzene rings is 3. The Morgan fingerprint density at radius 2 is 1.50 bits per heavy atom. The molecule has 3 aromatic carbocycles. The summed E-state index contributed by atoms with van der Waals surface area (Å²) in [6.07, 6.45) is -3.55. The van der Waals surface area contributed by atoms with Crippen molar-refractivity contribution in [3.05, 3.63) is 84.4 Å². The summed E-state index contributed by atoms with van der Waals surface area (Å²) in [5, 5.41) is 5.25. The summed E-state index contributed by atoms with van der Waals surface area (Å²) < 4.78 is 66.0. The van der Waals surface area contributed by atoms with Crippen LogP contribution in [0.25, 0.3) is 0 Å². The molecular formula is C26H25F3N4O4S. The van der Waals surface area contributed by atoms with Gasteiger partial charge in [0.15, 0.2) is 0 Å². The second kappa shape index (κ2) is 10.8. The molecule has 1 saturated heterocycles. The second-order valence-electron chi connectivity index (χ2n) is 8.69.